The Hall–Kier alpha value is -1.66. The minimum Gasteiger partial charge on any atom is -0.394 e. The van der Waals surface area contributed by atoms with E-state index in [0.29, 0.717) is 5.82 Å². The summed E-state index contributed by atoms with van der Waals surface area (Å²) in [5, 5.41) is 24.9. The van der Waals surface area contributed by atoms with E-state index in [2.05, 4.69) is 15.4 Å². The molecule has 6 heteroatoms. The Kier molecular flexibility index (Phi) is 2.79. The molecule has 80 valence electrons. The van der Waals surface area contributed by atoms with Crippen LogP contribution in [0.25, 0.3) is 5.52 Å². The maximum atomic E-state index is 8.94. The molecule has 0 saturated heterocycles. The zero-order chi connectivity index (χ0) is 10.7. The molecule has 0 aliphatic rings. The summed E-state index contributed by atoms with van der Waals surface area (Å²) in [5.41, 5.74) is 0.810. The summed E-state index contributed by atoms with van der Waals surface area (Å²) in [4.78, 5) is 4.12. The normalized spacial score (nSPS) is 11.1. The lowest BCUT2D eigenvalue weighted by molar-refractivity contribution is 0.203. The molecule has 2 aromatic rings. The molecule has 0 aliphatic heterocycles. The first kappa shape index (κ1) is 9.88. The van der Waals surface area contributed by atoms with E-state index in [1.165, 1.54) is 0 Å². The van der Waals surface area contributed by atoms with Crippen molar-refractivity contribution in [2.24, 2.45) is 0 Å². The zero-order valence-electron chi connectivity index (χ0n) is 8.04. The standard InChI is InChI=1S/C9H12N4O2/c14-5-7(6-15)12-9-8-1-2-11-13(8)4-3-10-9/h1-4,7,14-15H,5-6H2,(H,10,12). The number of fused-ring (bicyclic) bond motifs is 1. The van der Waals surface area contributed by atoms with Crippen LogP contribution in [0.1, 0.15) is 0 Å². The van der Waals surface area contributed by atoms with E-state index in [1.807, 2.05) is 0 Å². The van der Waals surface area contributed by atoms with Gasteiger partial charge in [-0.1, -0.05) is 0 Å². The van der Waals surface area contributed by atoms with E-state index in [1.54, 1.807) is 29.2 Å². The summed E-state index contributed by atoms with van der Waals surface area (Å²) in [5.74, 6) is 0.600. The van der Waals surface area contributed by atoms with Crippen LogP contribution in [0.2, 0.25) is 0 Å². The topological polar surface area (TPSA) is 82.7 Å². The molecule has 0 radical (unpaired) electrons. The van der Waals surface area contributed by atoms with Gasteiger partial charge >= 0.3 is 0 Å². The average molecular weight is 208 g/mol. The first-order chi connectivity index (χ1) is 7.35. The molecule has 0 unspecified atom stereocenters. The van der Waals surface area contributed by atoms with Crippen LogP contribution in [0.15, 0.2) is 24.7 Å². The molecule has 15 heavy (non-hydrogen) atoms. The van der Waals surface area contributed by atoms with Crippen LogP contribution in [0.4, 0.5) is 5.82 Å². The third-order valence-corrected chi connectivity index (χ3v) is 2.11. The molecule has 0 atom stereocenters. The Morgan fingerprint density at radius 3 is 2.87 bits per heavy atom. The van der Waals surface area contributed by atoms with Crippen molar-refractivity contribution in [3.05, 3.63) is 24.7 Å². The molecule has 0 aliphatic carbocycles. The van der Waals surface area contributed by atoms with Crippen LogP contribution in [0, 0.1) is 0 Å². The van der Waals surface area contributed by atoms with Gasteiger partial charge in [-0.05, 0) is 6.07 Å². The second-order valence-corrected chi connectivity index (χ2v) is 3.14. The van der Waals surface area contributed by atoms with Gasteiger partial charge in [0.25, 0.3) is 0 Å². The van der Waals surface area contributed by atoms with Crippen molar-refractivity contribution in [2.45, 2.75) is 6.04 Å². The number of aromatic nitrogens is 3. The molecule has 6 nitrogen and oxygen atoms in total. The van der Waals surface area contributed by atoms with Crippen LogP contribution in [0.5, 0.6) is 0 Å². The molecular formula is C9H12N4O2. The highest BCUT2D eigenvalue weighted by molar-refractivity contribution is 5.67. The molecule has 0 saturated carbocycles. The average Bonchev–Trinajstić information content (AvgIpc) is 2.74. The molecule has 2 rings (SSSR count). The second-order valence-electron chi connectivity index (χ2n) is 3.14. The molecule has 0 amide bonds. The lowest BCUT2D eigenvalue weighted by atomic mass is 10.3. The van der Waals surface area contributed by atoms with Crippen molar-refractivity contribution in [1.29, 1.82) is 0 Å². The van der Waals surface area contributed by atoms with Crippen molar-refractivity contribution in [2.75, 3.05) is 18.5 Å². The number of hydrogen-bond acceptors (Lipinski definition) is 5. The number of aliphatic hydroxyl groups is 2. The Labute approximate surface area is 86.2 Å². The summed E-state index contributed by atoms with van der Waals surface area (Å²) >= 11 is 0. The fourth-order valence-corrected chi connectivity index (χ4v) is 1.31. The monoisotopic (exact) mass is 208 g/mol. The number of rotatable bonds is 4. The highest BCUT2D eigenvalue weighted by Crippen LogP contribution is 2.12. The molecule has 2 heterocycles. The summed E-state index contributed by atoms with van der Waals surface area (Å²) in [6.07, 6.45) is 5.00. The molecule has 2 aromatic heterocycles. The third kappa shape index (κ3) is 1.90. The van der Waals surface area contributed by atoms with Crippen LogP contribution >= 0.6 is 0 Å². The van der Waals surface area contributed by atoms with Gasteiger partial charge in [0.05, 0.1) is 25.5 Å². The van der Waals surface area contributed by atoms with Crippen molar-refractivity contribution >= 4 is 11.3 Å². The fourth-order valence-electron chi connectivity index (χ4n) is 1.31. The molecule has 0 bridgehead atoms. The Morgan fingerprint density at radius 1 is 1.33 bits per heavy atom. The van der Waals surface area contributed by atoms with E-state index in [9.17, 15) is 0 Å². The predicted molar refractivity (Wildman–Crippen MR) is 54.6 cm³/mol. The highest BCUT2D eigenvalue weighted by Gasteiger charge is 2.09. The van der Waals surface area contributed by atoms with E-state index in [0.717, 1.165) is 5.52 Å². The van der Waals surface area contributed by atoms with Gasteiger partial charge < -0.3 is 15.5 Å². The van der Waals surface area contributed by atoms with E-state index in [4.69, 9.17) is 10.2 Å². The van der Waals surface area contributed by atoms with Crippen LogP contribution < -0.4 is 5.32 Å². The van der Waals surface area contributed by atoms with E-state index >= 15 is 0 Å². The van der Waals surface area contributed by atoms with Crippen molar-refractivity contribution in [3.63, 3.8) is 0 Å². The molecule has 0 aromatic carbocycles. The summed E-state index contributed by atoms with van der Waals surface area (Å²) in [7, 11) is 0. The molecule has 0 spiro atoms. The minimum atomic E-state index is -0.404. The minimum absolute atomic E-state index is 0.145. The number of nitrogens with one attached hydrogen (secondary N) is 1. The van der Waals surface area contributed by atoms with Crippen LogP contribution in [-0.2, 0) is 0 Å². The van der Waals surface area contributed by atoms with Crippen LogP contribution in [-0.4, -0.2) is 44.1 Å². The van der Waals surface area contributed by atoms with Crippen molar-refractivity contribution in [3.8, 4) is 0 Å². The van der Waals surface area contributed by atoms with Gasteiger partial charge in [-0.2, -0.15) is 5.10 Å². The number of hydrogen-bond donors (Lipinski definition) is 3. The first-order valence-corrected chi connectivity index (χ1v) is 4.61. The Morgan fingerprint density at radius 2 is 2.13 bits per heavy atom. The summed E-state index contributed by atoms with van der Waals surface area (Å²) in [6, 6.07) is 1.40. The second kappa shape index (κ2) is 4.24. The Bertz CT molecular complexity index is 438. The largest absolute Gasteiger partial charge is 0.394 e. The quantitative estimate of drug-likeness (QED) is 0.630. The number of nitrogens with zero attached hydrogens (tertiary/aromatic N) is 3. The van der Waals surface area contributed by atoms with Gasteiger partial charge in [-0.3, -0.25) is 0 Å². The summed E-state index contributed by atoms with van der Waals surface area (Å²) < 4.78 is 1.67. The van der Waals surface area contributed by atoms with Gasteiger partial charge in [0.1, 0.15) is 5.52 Å². The van der Waals surface area contributed by atoms with Gasteiger partial charge in [0.2, 0.25) is 0 Å². The molecule has 0 fully saturated rings. The summed E-state index contributed by atoms with van der Waals surface area (Å²) in [6.45, 7) is -0.291. The SMILES string of the molecule is OCC(CO)Nc1nccn2nccc12. The molecule has 3 N–H and O–H groups in total. The number of aliphatic hydroxyl groups excluding tert-OH is 2. The smallest absolute Gasteiger partial charge is 0.152 e. The number of anilines is 1. The van der Waals surface area contributed by atoms with Gasteiger partial charge in [0, 0.05) is 12.4 Å². The van der Waals surface area contributed by atoms with Gasteiger partial charge in [0.15, 0.2) is 5.82 Å². The lowest BCUT2D eigenvalue weighted by Crippen LogP contribution is -2.28. The van der Waals surface area contributed by atoms with Crippen molar-refractivity contribution in [1.82, 2.24) is 14.6 Å². The van der Waals surface area contributed by atoms with Gasteiger partial charge in [-0.25, -0.2) is 9.50 Å². The van der Waals surface area contributed by atoms with Crippen LogP contribution in [0.3, 0.4) is 0 Å². The highest BCUT2D eigenvalue weighted by atomic mass is 16.3. The first-order valence-electron chi connectivity index (χ1n) is 4.61. The molecular weight excluding hydrogens is 196 g/mol. The van der Waals surface area contributed by atoms with Crippen molar-refractivity contribution < 1.29 is 10.2 Å². The Balaban J connectivity index is 2.30. The maximum Gasteiger partial charge on any atom is 0.152 e. The van der Waals surface area contributed by atoms with Gasteiger partial charge in [-0.15, -0.1) is 0 Å². The maximum absolute atomic E-state index is 8.94. The van der Waals surface area contributed by atoms with E-state index < -0.39 is 6.04 Å². The lowest BCUT2D eigenvalue weighted by Gasteiger charge is -2.14. The zero-order valence-corrected chi connectivity index (χ0v) is 8.04. The predicted octanol–water partition coefficient (Wildman–Crippen LogP) is -0.506. The van der Waals surface area contributed by atoms with E-state index in [-0.39, 0.29) is 13.2 Å². The fraction of sp³-hybridized carbons (Fsp3) is 0.333. The third-order valence-electron chi connectivity index (χ3n) is 2.11.